The van der Waals surface area contributed by atoms with E-state index in [2.05, 4.69) is 5.32 Å². The summed E-state index contributed by atoms with van der Waals surface area (Å²) in [5.41, 5.74) is -0.632. The van der Waals surface area contributed by atoms with Crippen molar-refractivity contribution in [1.29, 1.82) is 0 Å². The Kier molecular flexibility index (Phi) is 5.01. The first kappa shape index (κ1) is 11.2. The number of nitrogens with one attached hydrogen (secondary N) is 1. The Morgan fingerprint density at radius 3 is 2.64 bits per heavy atom. The van der Waals surface area contributed by atoms with Gasteiger partial charge in [0.15, 0.2) is 0 Å². The molecule has 0 bridgehead atoms. The van der Waals surface area contributed by atoms with Crippen LogP contribution in [0.2, 0.25) is 0 Å². The highest BCUT2D eigenvalue weighted by Gasteiger charge is 2.27. The van der Waals surface area contributed by atoms with Crippen LogP contribution in [0.4, 0.5) is 0 Å². The molecule has 0 aromatic carbocycles. The van der Waals surface area contributed by atoms with Crippen molar-refractivity contribution in [3.8, 4) is 0 Å². The Morgan fingerprint density at radius 2 is 2.18 bits per heavy atom. The second kappa shape index (κ2) is 4.93. The summed E-state index contributed by atoms with van der Waals surface area (Å²) in [6, 6.07) is 0. The largest absolute Gasteiger partial charge is 0.396 e. The Balaban J connectivity index is 0.000001000. The summed E-state index contributed by atoms with van der Waals surface area (Å²) in [6.45, 7) is 1.71. The topological polar surface area (TPSA) is 52.5 Å². The highest BCUT2D eigenvalue weighted by Crippen LogP contribution is 2.18. The number of aliphatic hydroxyl groups is 2. The summed E-state index contributed by atoms with van der Waals surface area (Å²) in [6.07, 6.45) is 2.33. The maximum absolute atomic E-state index is 9.65. The van der Waals surface area contributed by atoms with Crippen LogP contribution in [0.3, 0.4) is 0 Å². The molecule has 1 unspecified atom stereocenters. The van der Waals surface area contributed by atoms with Gasteiger partial charge in [-0.3, -0.25) is 0 Å². The third-order valence-electron chi connectivity index (χ3n) is 2.03. The zero-order chi connectivity index (χ0) is 7.45. The van der Waals surface area contributed by atoms with E-state index >= 15 is 0 Å². The number of aliphatic hydroxyl groups excluding tert-OH is 1. The normalized spacial score (nSPS) is 31.1. The number of piperidine rings is 1. The van der Waals surface area contributed by atoms with Crippen molar-refractivity contribution >= 4 is 12.4 Å². The number of halogens is 1. The fourth-order valence-corrected chi connectivity index (χ4v) is 1.37. The molecule has 1 aliphatic rings. The van der Waals surface area contributed by atoms with Crippen LogP contribution < -0.4 is 5.32 Å². The van der Waals surface area contributed by atoms with E-state index in [1.807, 2.05) is 0 Å². The number of β-amino-alcohol motifs (C(OH)–C–C–N with tert-alkyl or cyclic N) is 1. The van der Waals surface area contributed by atoms with Crippen LogP contribution in [-0.4, -0.2) is 35.5 Å². The van der Waals surface area contributed by atoms with E-state index in [-0.39, 0.29) is 19.0 Å². The standard InChI is InChI=1S/C7H15NO2.ClH/c9-5-3-7(10)2-1-4-8-6-7;/h8-10H,1-6H2;1H. The van der Waals surface area contributed by atoms with Gasteiger partial charge in [0, 0.05) is 19.6 Å². The fraction of sp³-hybridized carbons (Fsp3) is 1.00. The Morgan fingerprint density at radius 1 is 1.45 bits per heavy atom. The van der Waals surface area contributed by atoms with Gasteiger partial charge in [0.1, 0.15) is 0 Å². The van der Waals surface area contributed by atoms with Crippen LogP contribution in [0.25, 0.3) is 0 Å². The number of hydrogen-bond donors (Lipinski definition) is 3. The van der Waals surface area contributed by atoms with Crippen LogP contribution in [0.15, 0.2) is 0 Å². The Bertz CT molecular complexity index is 99.1. The van der Waals surface area contributed by atoms with Gasteiger partial charge in [0.25, 0.3) is 0 Å². The number of hydrogen-bond acceptors (Lipinski definition) is 3. The van der Waals surface area contributed by atoms with Crippen molar-refractivity contribution in [3.63, 3.8) is 0 Å². The predicted octanol–water partition coefficient (Wildman–Crippen LogP) is -0.0949. The minimum Gasteiger partial charge on any atom is -0.396 e. The zero-order valence-electron chi connectivity index (χ0n) is 6.55. The number of rotatable bonds is 2. The molecule has 0 amide bonds. The van der Waals surface area contributed by atoms with Crippen molar-refractivity contribution in [2.24, 2.45) is 0 Å². The molecular formula is C7H16ClNO2. The maximum atomic E-state index is 9.65. The lowest BCUT2D eigenvalue weighted by atomic mass is 9.91. The second-order valence-electron chi connectivity index (χ2n) is 2.98. The van der Waals surface area contributed by atoms with Gasteiger partial charge in [-0.25, -0.2) is 0 Å². The smallest absolute Gasteiger partial charge is 0.0793 e. The van der Waals surface area contributed by atoms with Gasteiger partial charge >= 0.3 is 0 Å². The van der Waals surface area contributed by atoms with Gasteiger partial charge < -0.3 is 15.5 Å². The molecule has 3 nitrogen and oxygen atoms in total. The van der Waals surface area contributed by atoms with E-state index in [1.54, 1.807) is 0 Å². The van der Waals surface area contributed by atoms with Crippen LogP contribution >= 0.6 is 12.4 Å². The Labute approximate surface area is 73.2 Å². The molecule has 1 atom stereocenters. The van der Waals surface area contributed by atoms with Gasteiger partial charge in [-0.2, -0.15) is 0 Å². The van der Waals surface area contributed by atoms with Gasteiger partial charge in [0.2, 0.25) is 0 Å². The van der Waals surface area contributed by atoms with Crippen molar-refractivity contribution in [1.82, 2.24) is 5.32 Å². The first-order chi connectivity index (χ1) is 4.77. The van der Waals surface area contributed by atoms with E-state index in [1.165, 1.54) is 0 Å². The summed E-state index contributed by atoms with van der Waals surface area (Å²) in [5, 5.41) is 21.3. The fourth-order valence-electron chi connectivity index (χ4n) is 1.37. The van der Waals surface area contributed by atoms with Gasteiger partial charge in [-0.1, -0.05) is 0 Å². The summed E-state index contributed by atoms with van der Waals surface area (Å²) in [5.74, 6) is 0. The molecule has 0 aromatic rings. The molecule has 1 heterocycles. The quantitative estimate of drug-likeness (QED) is 0.558. The maximum Gasteiger partial charge on any atom is 0.0793 e. The molecule has 0 spiro atoms. The highest BCUT2D eigenvalue weighted by atomic mass is 35.5. The van der Waals surface area contributed by atoms with E-state index in [4.69, 9.17) is 5.11 Å². The van der Waals surface area contributed by atoms with Crippen LogP contribution in [-0.2, 0) is 0 Å². The van der Waals surface area contributed by atoms with Crippen LogP contribution in [0.5, 0.6) is 0 Å². The zero-order valence-corrected chi connectivity index (χ0v) is 7.36. The average molecular weight is 182 g/mol. The first-order valence-corrected chi connectivity index (χ1v) is 3.81. The summed E-state index contributed by atoms with van der Waals surface area (Å²) < 4.78 is 0. The second-order valence-corrected chi connectivity index (χ2v) is 2.98. The molecule has 0 aromatic heterocycles. The molecule has 11 heavy (non-hydrogen) atoms. The summed E-state index contributed by atoms with van der Waals surface area (Å²) >= 11 is 0. The molecule has 0 aliphatic carbocycles. The molecule has 0 radical (unpaired) electrons. The predicted molar refractivity (Wildman–Crippen MR) is 46.0 cm³/mol. The van der Waals surface area contributed by atoms with Crippen molar-refractivity contribution < 1.29 is 10.2 Å². The van der Waals surface area contributed by atoms with Crippen LogP contribution in [0.1, 0.15) is 19.3 Å². The molecule has 68 valence electrons. The molecular weight excluding hydrogens is 166 g/mol. The van der Waals surface area contributed by atoms with E-state index in [0.29, 0.717) is 13.0 Å². The highest BCUT2D eigenvalue weighted by molar-refractivity contribution is 5.85. The van der Waals surface area contributed by atoms with Gasteiger partial charge in [-0.05, 0) is 19.4 Å². The van der Waals surface area contributed by atoms with Crippen molar-refractivity contribution in [2.45, 2.75) is 24.9 Å². The SMILES string of the molecule is Cl.OCCC1(O)CCCNC1. The molecule has 4 heteroatoms. The lowest BCUT2D eigenvalue weighted by Crippen LogP contribution is -2.46. The average Bonchev–Trinajstić information content (AvgIpc) is 1.89. The monoisotopic (exact) mass is 181 g/mol. The van der Waals surface area contributed by atoms with Crippen LogP contribution in [0, 0.1) is 0 Å². The molecule has 1 saturated heterocycles. The van der Waals surface area contributed by atoms with Crippen molar-refractivity contribution in [2.75, 3.05) is 19.7 Å². The lowest BCUT2D eigenvalue weighted by Gasteiger charge is -2.31. The summed E-state index contributed by atoms with van der Waals surface area (Å²) in [7, 11) is 0. The molecule has 1 aliphatic heterocycles. The minimum atomic E-state index is -0.632. The summed E-state index contributed by atoms with van der Waals surface area (Å²) in [4.78, 5) is 0. The molecule has 1 fully saturated rings. The Hall–Kier alpha value is 0.170. The molecule has 3 N–H and O–H groups in total. The van der Waals surface area contributed by atoms with E-state index < -0.39 is 5.60 Å². The first-order valence-electron chi connectivity index (χ1n) is 3.81. The third kappa shape index (κ3) is 3.38. The van der Waals surface area contributed by atoms with Crippen molar-refractivity contribution in [3.05, 3.63) is 0 Å². The van der Waals surface area contributed by atoms with E-state index in [9.17, 15) is 5.11 Å². The van der Waals surface area contributed by atoms with Gasteiger partial charge in [0.05, 0.1) is 5.60 Å². The molecule has 1 rings (SSSR count). The third-order valence-corrected chi connectivity index (χ3v) is 2.03. The van der Waals surface area contributed by atoms with Gasteiger partial charge in [-0.15, -0.1) is 12.4 Å². The lowest BCUT2D eigenvalue weighted by molar-refractivity contribution is -0.00454. The molecule has 0 saturated carbocycles. The minimum absolute atomic E-state index is 0. The van der Waals surface area contributed by atoms with E-state index in [0.717, 1.165) is 19.4 Å².